The van der Waals surface area contributed by atoms with Crippen LogP contribution in [-0.2, 0) is 10.0 Å². The lowest BCUT2D eigenvalue weighted by molar-refractivity contribution is 0.265. The highest BCUT2D eigenvalue weighted by atomic mass is 127. The monoisotopic (exact) mass is 552 g/mol. The number of rotatable bonds is 9. The van der Waals surface area contributed by atoms with E-state index in [2.05, 4.69) is 20.3 Å². The highest BCUT2D eigenvalue weighted by Crippen LogP contribution is 2.15. The Hall–Kier alpha value is -1.40. The molecule has 0 fully saturated rings. The second-order valence-electron chi connectivity index (χ2n) is 6.03. The lowest BCUT2D eigenvalue weighted by Gasteiger charge is -2.18. The van der Waals surface area contributed by atoms with Crippen molar-refractivity contribution in [1.29, 1.82) is 0 Å². The lowest BCUT2D eigenvalue weighted by atomic mass is 10.0. The molecular formula is C19H26ClIN4O3S. The molecule has 0 spiro atoms. The van der Waals surface area contributed by atoms with E-state index in [1.807, 2.05) is 30.3 Å². The fraction of sp³-hybridized carbons (Fsp3) is 0.316. The molecule has 2 aromatic rings. The van der Waals surface area contributed by atoms with Gasteiger partial charge in [0.1, 0.15) is 0 Å². The Morgan fingerprint density at radius 1 is 1.10 bits per heavy atom. The number of aliphatic imine (C=N–C) groups is 1. The highest BCUT2D eigenvalue weighted by molar-refractivity contribution is 14.0. The Labute approximate surface area is 194 Å². The Balaban J connectivity index is 0.00000420. The van der Waals surface area contributed by atoms with Gasteiger partial charge in [0, 0.05) is 37.6 Å². The molecule has 0 aromatic heterocycles. The third-order valence-corrected chi connectivity index (χ3v) is 5.74. The van der Waals surface area contributed by atoms with E-state index in [0.29, 0.717) is 24.1 Å². The fourth-order valence-electron chi connectivity index (χ4n) is 2.54. The summed E-state index contributed by atoms with van der Waals surface area (Å²) in [6.45, 7) is 1.02. The molecule has 1 unspecified atom stereocenters. The van der Waals surface area contributed by atoms with Crippen molar-refractivity contribution in [3.63, 3.8) is 0 Å². The standard InChI is InChI=1S/C19H25ClN4O3S.HI/c1-21-19(23-13-16(14-25)15-6-3-2-4-7-15)22-10-11-24-28(26,27)18-9-5-8-17(20)12-18;/h2-9,12,16,24-25H,10-11,13-14H2,1H3,(H2,21,22,23);1H. The fourth-order valence-corrected chi connectivity index (χ4v) is 3.87. The van der Waals surface area contributed by atoms with Gasteiger partial charge >= 0.3 is 0 Å². The van der Waals surface area contributed by atoms with Crippen molar-refractivity contribution in [1.82, 2.24) is 15.4 Å². The van der Waals surface area contributed by atoms with Gasteiger partial charge in [0.2, 0.25) is 10.0 Å². The number of nitrogens with zero attached hydrogens (tertiary/aromatic N) is 1. The average molecular weight is 553 g/mol. The average Bonchev–Trinajstić information content (AvgIpc) is 2.70. The van der Waals surface area contributed by atoms with Crippen LogP contribution in [0.5, 0.6) is 0 Å². The number of hydrogen-bond donors (Lipinski definition) is 4. The second-order valence-corrected chi connectivity index (χ2v) is 8.23. The first-order chi connectivity index (χ1) is 13.5. The Kier molecular flexibility index (Phi) is 11.5. The summed E-state index contributed by atoms with van der Waals surface area (Å²) < 4.78 is 27.0. The molecule has 0 aliphatic rings. The van der Waals surface area contributed by atoms with Crippen LogP contribution in [0.25, 0.3) is 0 Å². The van der Waals surface area contributed by atoms with Gasteiger partial charge in [-0.15, -0.1) is 24.0 Å². The van der Waals surface area contributed by atoms with Gasteiger partial charge in [-0.2, -0.15) is 0 Å². The summed E-state index contributed by atoms with van der Waals surface area (Å²) in [6, 6.07) is 15.8. The molecule has 2 aromatic carbocycles. The molecule has 0 saturated heterocycles. The zero-order valence-corrected chi connectivity index (χ0v) is 19.9. The van der Waals surface area contributed by atoms with Gasteiger partial charge in [-0.3, -0.25) is 4.99 Å². The Bertz CT molecular complexity index is 882. The topological polar surface area (TPSA) is 103 Å². The van der Waals surface area contributed by atoms with Crippen LogP contribution >= 0.6 is 35.6 Å². The second kappa shape index (κ2) is 13.0. The van der Waals surface area contributed by atoms with E-state index < -0.39 is 10.0 Å². The van der Waals surface area contributed by atoms with Crippen molar-refractivity contribution >= 4 is 51.6 Å². The highest BCUT2D eigenvalue weighted by Gasteiger charge is 2.14. The molecule has 10 heteroatoms. The maximum atomic E-state index is 12.2. The van der Waals surface area contributed by atoms with Gasteiger partial charge in [0.15, 0.2) is 5.96 Å². The molecule has 0 radical (unpaired) electrons. The molecule has 4 N–H and O–H groups in total. The number of aliphatic hydroxyl groups excluding tert-OH is 1. The van der Waals surface area contributed by atoms with E-state index in [4.69, 9.17) is 11.6 Å². The van der Waals surface area contributed by atoms with E-state index in [0.717, 1.165) is 5.56 Å². The van der Waals surface area contributed by atoms with E-state index in [9.17, 15) is 13.5 Å². The third-order valence-electron chi connectivity index (χ3n) is 4.05. The summed E-state index contributed by atoms with van der Waals surface area (Å²) in [5.74, 6) is 0.456. The first-order valence-electron chi connectivity index (χ1n) is 8.82. The number of halogens is 2. The molecule has 0 saturated carbocycles. The van der Waals surface area contributed by atoms with Gasteiger partial charge in [0.25, 0.3) is 0 Å². The smallest absolute Gasteiger partial charge is 0.240 e. The summed E-state index contributed by atoms with van der Waals surface area (Å²) in [5, 5.41) is 16.2. The predicted octanol–water partition coefficient (Wildman–Crippen LogP) is 2.18. The predicted molar refractivity (Wildman–Crippen MR) is 128 cm³/mol. The van der Waals surface area contributed by atoms with Crippen molar-refractivity contribution in [2.24, 2.45) is 4.99 Å². The summed E-state index contributed by atoms with van der Waals surface area (Å²) in [7, 11) is -1.99. The molecule has 0 bridgehead atoms. The number of aliphatic hydroxyl groups is 1. The van der Waals surface area contributed by atoms with Crippen molar-refractivity contribution < 1.29 is 13.5 Å². The maximum absolute atomic E-state index is 12.2. The minimum atomic E-state index is -3.62. The molecule has 2 rings (SSSR count). The lowest BCUT2D eigenvalue weighted by Crippen LogP contribution is -2.43. The van der Waals surface area contributed by atoms with Crippen LogP contribution in [0.2, 0.25) is 5.02 Å². The van der Waals surface area contributed by atoms with Crippen LogP contribution in [0.4, 0.5) is 0 Å². The summed E-state index contributed by atoms with van der Waals surface area (Å²) in [4.78, 5) is 4.23. The summed E-state index contributed by atoms with van der Waals surface area (Å²) in [5.41, 5.74) is 1.03. The van der Waals surface area contributed by atoms with Crippen LogP contribution < -0.4 is 15.4 Å². The molecule has 7 nitrogen and oxygen atoms in total. The number of benzene rings is 2. The van der Waals surface area contributed by atoms with Crippen LogP contribution in [0.1, 0.15) is 11.5 Å². The van der Waals surface area contributed by atoms with Crippen LogP contribution in [0, 0.1) is 0 Å². The van der Waals surface area contributed by atoms with Gasteiger partial charge in [0.05, 0.1) is 11.5 Å². The molecule has 0 aliphatic carbocycles. The number of guanidine groups is 1. The molecule has 0 amide bonds. The maximum Gasteiger partial charge on any atom is 0.240 e. The van der Waals surface area contributed by atoms with Crippen molar-refractivity contribution in [3.8, 4) is 0 Å². The van der Waals surface area contributed by atoms with Crippen LogP contribution in [0.3, 0.4) is 0 Å². The first-order valence-corrected chi connectivity index (χ1v) is 10.7. The van der Waals surface area contributed by atoms with Crippen molar-refractivity contribution in [3.05, 3.63) is 65.2 Å². The van der Waals surface area contributed by atoms with Gasteiger partial charge in [-0.25, -0.2) is 13.1 Å². The molecule has 29 heavy (non-hydrogen) atoms. The molecule has 0 heterocycles. The minimum Gasteiger partial charge on any atom is -0.396 e. The Morgan fingerprint density at radius 3 is 2.45 bits per heavy atom. The number of nitrogens with one attached hydrogen (secondary N) is 3. The van der Waals surface area contributed by atoms with Crippen molar-refractivity contribution in [2.45, 2.75) is 10.8 Å². The van der Waals surface area contributed by atoms with Gasteiger partial charge < -0.3 is 15.7 Å². The molecule has 160 valence electrons. The molecular weight excluding hydrogens is 527 g/mol. The SMILES string of the molecule is CN=C(NCCNS(=O)(=O)c1cccc(Cl)c1)NCC(CO)c1ccccc1.I. The molecule has 0 aliphatic heterocycles. The van der Waals surface area contributed by atoms with Gasteiger partial charge in [-0.05, 0) is 23.8 Å². The zero-order chi connectivity index (χ0) is 20.4. The molecule has 1 atom stereocenters. The summed E-state index contributed by atoms with van der Waals surface area (Å²) >= 11 is 5.84. The normalized spacial score (nSPS) is 12.7. The minimum absolute atomic E-state index is 0. The van der Waals surface area contributed by atoms with E-state index in [-0.39, 0.29) is 47.9 Å². The van der Waals surface area contributed by atoms with E-state index in [1.54, 1.807) is 19.2 Å². The zero-order valence-electron chi connectivity index (χ0n) is 16.0. The van der Waals surface area contributed by atoms with Gasteiger partial charge in [-0.1, -0.05) is 48.0 Å². The van der Waals surface area contributed by atoms with Crippen LogP contribution in [-0.4, -0.2) is 52.8 Å². The van der Waals surface area contributed by atoms with Crippen molar-refractivity contribution in [2.75, 3.05) is 33.3 Å². The third kappa shape index (κ3) is 8.47. The first kappa shape index (κ1) is 25.6. The number of sulfonamides is 1. The Morgan fingerprint density at radius 2 is 1.83 bits per heavy atom. The number of hydrogen-bond acceptors (Lipinski definition) is 4. The quantitative estimate of drug-likeness (QED) is 0.165. The van der Waals surface area contributed by atoms with E-state index in [1.165, 1.54) is 12.1 Å². The summed E-state index contributed by atoms with van der Waals surface area (Å²) in [6.07, 6.45) is 0. The van der Waals surface area contributed by atoms with E-state index >= 15 is 0 Å². The largest absolute Gasteiger partial charge is 0.396 e. The van der Waals surface area contributed by atoms with Crippen LogP contribution in [0.15, 0.2) is 64.5 Å².